The van der Waals surface area contributed by atoms with Gasteiger partial charge >= 0.3 is 0 Å². The number of nitrogens with zero attached hydrogens (tertiary/aromatic N) is 1. The van der Waals surface area contributed by atoms with Crippen LogP contribution in [0, 0.1) is 5.92 Å². The van der Waals surface area contributed by atoms with Crippen LogP contribution in [0.4, 0.5) is 5.69 Å². The van der Waals surface area contributed by atoms with Crippen molar-refractivity contribution in [3.8, 4) is 0 Å². The summed E-state index contributed by atoms with van der Waals surface area (Å²) in [6.45, 7) is 0.331. The zero-order chi connectivity index (χ0) is 15.0. The molecule has 7 heteroatoms. The van der Waals surface area contributed by atoms with Crippen molar-refractivity contribution in [1.29, 1.82) is 0 Å². The molecule has 0 bridgehead atoms. The fraction of sp³-hybridized carbons (Fsp3) is 0.357. The molecule has 0 atom stereocenters. The van der Waals surface area contributed by atoms with Crippen LogP contribution in [0.3, 0.4) is 0 Å². The Hall–Kier alpha value is -1.70. The van der Waals surface area contributed by atoms with Crippen LogP contribution in [0.1, 0.15) is 12.8 Å². The Kier molecular flexibility index (Phi) is 3.56. The van der Waals surface area contributed by atoms with E-state index in [1.165, 1.54) is 6.07 Å². The van der Waals surface area contributed by atoms with Crippen LogP contribution in [0.25, 0.3) is 10.9 Å². The molecule has 0 radical (unpaired) electrons. The first-order chi connectivity index (χ1) is 9.97. The molecule has 4 N–H and O–H groups in total. The summed E-state index contributed by atoms with van der Waals surface area (Å²) in [5, 5.41) is 9.86. The summed E-state index contributed by atoms with van der Waals surface area (Å²) in [6.07, 6.45) is 2.54. The molecule has 21 heavy (non-hydrogen) atoms. The van der Waals surface area contributed by atoms with Crippen LogP contribution in [0.5, 0.6) is 0 Å². The molecular formula is C14H17N3O3S. The summed E-state index contributed by atoms with van der Waals surface area (Å²) < 4.78 is 27.4. The van der Waals surface area contributed by atoms with Crippen LogP contribution in [-0.2, 0) is 10.0 Å². The van der Waals surface area contributed by atoms with E-state index in [1.807, 2.05) is 0 Å². The highest BCUT2D eigenvalue weighted by atomic mass is 32.2. The molecule has 1 aromatic carbocycles. The number of sulfonamides is 1. The number of nitrogen functional groups attached to an aromatic ring is 1. The Balaban J connectivity index is 1.90. The Bertz CT molecular complexity index is 770. The lowest BCUT2D eigenvalue weighted by molar-refractivity contribution is 0.0453. The standard InChI is InChI=1S/C14H17N3O3S/c15-12-3-4-13(14-11(12)2-1-5-16-14)21(19,20)17-8-9-6-10(18)7-9/h1-5,9-10,17-18H,6-8,15H2. The lowest BCUT2D eigenvalue weighted by Gasteiger charge is -2.31. The minimum Gasteiger partial charge on any atom is -0.398 e. The lowest BCUT2D eigenvalue weighted by Crippen LogP contribution is -2.38. The van der Waals surface area contributed by atoms with E-state index in [2.05, 4.69) is 9.71 Å². The predicted molar refractivity (Wildman–Crippen MR) is 80.1 cm³/mol. The van der Waals surface area contributed by atoms with Crippen molar-refractivity contribution in [2.45, 2.75) is 23.8 Å². The van der Waals surface area contributed by atoms with Crippen molar-refractivity contribution in [1.82, 2.24) is 9.71 Å². The van der Waals surface area contributed by atoms with E-state index < -0.39 is 10.0 Å². The van der Waals surface area contributed by atoms with Crippen LogP contribution in [0.15, 0.2) is 35.4 Å². The number of fused-ring (bicyclic) bond motifs is 1. The second kappa shape index (κ2) is 5.25. The molecule has 1 aromatic heterocycles. The zero-order valence-electron chi connectivity index (χ0n) is 11.4. The van der Waals surface area contributed by atoms with Crippen molar-refractivity contribution in [3.05, 3.63) is 30.5 Å². The molecule has 6 nitrogen and oxygen atoms in total. The summed E-state index contributed by atoms with van der Waals surface area (Å²) in [7, 11) is -3.64. The predicted octanol–water partition coefficient (Wildman–Crippen LogP) is 0.866. The average molecular weight is 307 g/mol. The van der Waals surface area contributed by atoms with Crippen molar-refractivity contribution in [2.75, 3.05) is 12.3 Å². The topological polar surface area (TPSA) is 105 Å². The van der Waals surface area contributed by atoms with E-state index in [9.17, 15) is 13.5 Å². The van der Waals surface area contributed by atoms with Gasteiger partial charge in [-0.3, -0.25) is 4.98 Å². The number of benzene rings is 1. The number of hydrogen-bond acceptors (Lipinski definition) is 5. The lowest BCUT2D eigenvalue weighted by atomic mass is 9.83. The van der Waals surface area contributed by atoms with E-state index in [1.54, 1.807) is 24.4 Å². The second-order valence-corrected chi connectivity index (χ2v) is 7.13. The Morgan fingerprint density at radius 1 is 1.33 bits per heavy atom. The van der Waals surface area contributed by atoms with E-state index in [4.69, 9.17) is 5.73 Å². The van der Waals surface area contributed by atoms with E-state index in [-0.39, 0.29) is 16.9 Å². The normalized spacial score (nSPS) is 22.1. The second-order valence-electron chi connectivity index (χ2n) is 5.40. The Morgan fingerprint density at radius 3 is 2.81 bits per heavy atom. The fourth-order valence-electron chi connectivity index (χ4n) is 2.56. The maximum Gasteiger partial charge on any atom is 0.242 e. The molecule has 0 amide bonds. The monoisotopic (exact) mass is 307 g/mol. The van der Waals surface area contributed by atoms with E-state index in [0.29, 0.717) is 36.0 Å². The quantitative estimate of drug-likeness (QED) is 0.727. The average Bonchev–Trinajstić information content (AvgIpc) is 2.43. The van der Waals surface area contributed by atoms with Gasteiger partial charge in [0.05, 0.1) is 11.6 Å². The largest absolute Gasteiger partial charge is 0.398 e. The highest BCUT2D eigenvalue weighted by molar-refractivity contribution is 7.89. The van der Waals surface area contributed by atoms with Gasteiger partial charge in [-0.1, -0.05) is 0 Å². The van der Waals surface area contributed by atoms with Gasteiger partial charge in [-0.25, -0.2) is 13.1 Å². The SMILES string of the molecule is Nc1ccc(S(=O)(=O)NCC2CC(O)C2)c2ncccc12. The first-order valence-corrected chi connectivity index (χ1v) is 8.26. The van der Waals surface area contributed by atoms with Crippen LogP contribution in [0.2, 0.25) is 0 Å². The smallest absolute Gasteiger partial charge is 0.242 e. The number of aromatic nitrogens is 1. The summed E-state index contributed by atoms with van der Waals surface area (Å²) in [5.41, 5.74) is 6.73. The number of nitrogens with one attached hydrogen (secondary N) is 1. The maximum atomic E-state index is 12.4. The first-order valence-electron chi connectivity index (χ1n) is 6.78. The van der Waals surface area contributed by atoms with Crippen molar-refractivity contribution in [3.63, 3.8) is 0 Å². The third-order valence-electron chi connectivity index (χ3n) is 3.83. The Morgan fingerprint density at radius 2 is 2.10 bits per heavy atom. The van der Waals surface area contributed by atoms with Crippen LogP contribution >= 0.6 is 0 Å². The summed E-state index contributed by atoms with van der Waals surface area (Å²) in [4.78, 5) is 4.27. The first kappa shape index (κ1) is 14.2. The highest BCUT2D eigenvalue weighted by Gasteiger charge is 2.29. The van der Waals surface area contributed by atoms with Crippen molar-refractivity contribution < 1.29 is 13.5 Å². The molecule has 0 aliphatic heterocycles. The van der Waals surface area contributed by atoms with E-state index in [0.717, 1.165) is 0 Å². The third kappa shape index (κ3) is 2.72. The number of pyridine rings is 1. The number of anilines is 1. The molecule has 0 unspecified atom stereocenters. The van der Waals surface area contributed by atoms with Gasteiger partial charge in [-0.2, -0.15) is 0 Å². The Labute approximate surface area is 123 Å². The van der Waals surface area contributed by atoms with Gasteiger partial charge in [-0.05, 0) is 43.0 Å². The van der Waals surface area contributed by atoms with Crippen molar-refractivity contribution >= 4 is 26.6 Å². The molecule has 2 aromatic rings. The van der Waals surface area contributed by atoms with Gasteiger partial charge in [0, 0.05) is 23.8 Å². The highest BCUT2D eigenvalue weighted by Crippen LogP contribution is 2.28. The minimum absolute atomic E-state index is 0.132. The summed E-state index contributed by atoms with van der Waals surface area (Å²) >= 11 is 0. The van der Waals surface area contributed by atoms with Crippen molar-refractivity contribution in [2.24, 2.45) is 5.92 Å². The number of hydrogen-bond donors (Lipinski definition) is 3. The minimum atomic E-state index is -3.64. The molecule has 0 saturated heterocycles. The maximum absolute atomic E-state index is 12.4. The molecule has 1 heterocycles. The molecule has 112 valence electrons. The number of nitrogens with two attached hydrogens (primary N) is 1. The molecule has 1 aliphatic rings. The van der Waals surface area contributed by atoms with E-state index >= 15 is 0 Å². The molecule has 1 saturated carbocycles. The van der Waals surface area contributed by atoms with Gasteiger partial charge in [0.15, 0.2) is 0 Å². The number of aliphatic hydroxyl groups excluding tert-OH is 1. The van der Waals surface area contributed by atoms with Gasteiger partial charge < -0.3 is 10.8 Å². The molecule has 0 spiro atoms. The molecular weight excluding hydrogens is 290 g/mol. The molecule has 3 rings (SSSR count). The van der Waals surface area contributed by atoms with Gasteiger partial charge in [0.1, 0.15) is 4.90 Å². The zero-order valence-corrected chi connectivity index (χ0v) is 12.2. The van der Waals surface area contributed by atoms with Crippen LogP contribution < -0.4 is 10.5 Å². The van der Waals surface area contributed by atoms with Gasteiger partial charge in [-0.15, -0.1) is 0 Å². The van der Waals surface area contributed by atoms with Crippen LogP contribution in [-0.4, -0.2) is 31.2 Å². The summed E-state index contributed by atoms with van der Waals surface area (Å²) in [6, 6.07) is 6.52. The van der Waals surface area contributed by atoms with Gasteiger partial charge in [0.25, 0.3) is 0 Å². The molecule has 1 fully saturated rings. The third-order valence-corrected chi connectivity index (χ3v) is 5.28. The molecule has 1 aliphatic carbocycles. The number of aliphatic hydroxyl groups is 1. The number of rotatable bonds is 4. The fourth-order valence-corrected chi connectivity index (χ4v) is 3.83. The van der Waals surface area contributed by atoms with Gasteiger partial charge in [0.2, 0.25) is 10.0 Å². The summed E-state index contributed by atoms with van der Waals surface area (Å²) in [5.74, 6) is 0.197.